The van der Waals surface area contributed by atoms with Gasteiger partial charge in [-0.2, -0.15) is 0 Å². The first-order valence-corrected chi connectivity index (χ1v) is 6.66. The fourth-order valence-electron chi connectivity index (χ4n) is 3.21. The van der Waals surface area contributed by atoms with Crippen LogP contribution in [0.2, 0.25) is 0 Å². The van der Waals surface area contributed by atoms with Gasteiger partial charge in [0.05, 0.1) is 5.92 Å². The third kappa shape index (κ3) is 2.45. The molecule has 3 atom stereocenters. The number of aliphatic carboxylic acids is 1. The van der Waals surface area contributed by atoms with Gasteiger partial charge >= 0.3 is 5.97 Å². The van der Waals surface area contributed by atoms with Gasteiger partial charge in [-0.15, -0.1) is 0 Å². The average molecular weight is 239 g/mol. The van der Waals surface area contributed by atoms with Crippen molar-refractivity contribution in [1.82, 2.24) is 4.90 Å². The third-order valence-electron chi connectivity index (χ3n) is 4.26. The smallest absolute Gasteiger partial charge is 0.306 e. The lowest BCUT2D eigenvalue weighted by Gasteiger charge is -2.26. The van der Waals surface area contributed by atoms with E-state index in [1.54, 1.807) is 0 Å². The molecule has 2 aliphatic rings. The summed E-state index contributed by atoms with van der Waals surface area (Å²) in [6.07, 6.45) is 5.18. The summed E-state index contributed by atoms with van der Waals surface area (Å²) in [6.45, 7) is 2.98. The van der Waals surface area contributed by atoms with Crippen molar-refractivity contribution in [2.24, 2.45) is 11.8 Å². The topological polar surface area (TPSA) is 57.6 Å². The number of rotatable bonds is 3. The predicted octanol–water partition coefficient (Wildman–Crippen LogP) is 1.89. The molecule has 4 heteroatoms. The van der Waals surface area contributed by atoms with E-state index in [9.17, 15) is 9.59 Å². The molecular weight excluding hydrogens is 218 g/mol. The molecule has 3 unspecified atom stereocenters. The quantitative estimate of drug-likeness (QED) is 0.818. The molecule has 0 radical (unpaired) electrons. The molecule has 96 valence electrons. The van der Waals surface area contributed by atoms with Gasteiger partial charge in [-0.25, -0.2) is 0 Å². The molecule has 0 bridgehead atoms. The molecule has 17 heavy (non-hydrogen) atoms. The number of carboxylic acids is 1. The zero-order chi connectivity index (χ0) is 12.4. The van der Waals surface area contributed by atoms with Crippen molar-refractivity contribution in [1.29, 1.82) is 0 Å². The highest BCUT2D eigenvalue weighted by molar-refractivity contribution is 5.81. The minimum Gasteiger partial charge on any atom is -0.481 e. The van der Waals surface area contributed by atoms with Crippen LogP contribution in [0.25, 0.3) is 0 Å². The molecule has 1 amide bonds. The fraction of sp³-hybridized carbons (Fsp3) is 0.846. The number of carboxylic acid groups (broad SMARTS) is 1. The van der Waals surface area contributed by atoms with Gasteiger partial charge in [0.1, 0.15) is 0 Å². The highest BCUT2D eigenvalue weighted by atomic mass is 16.4. The van der Waals surface area contributed by atoms with Crippen LogP contribution in [0, 0.1) is 11.8 Å². The second-order valence-corrected chi connectivity index (χ2v) is 5.28. The van der Waals surface area contributed by atoms with Crippen molar-refractivity contribution in [3.8, 4) is 0 Å². The van der Waals surface area contributed by atoms with Crippen LogP contribution in [0.1, 0.15) is 45.4 Å². The maximum absolute atomic E-state index is 12.3. The highest BCUT2D eigenvalue weighted by Crippen LogP contribution is 2.34. The molecule has 0 aromatic rings. The largest absolute Gasteiger partial charge is 0.481 e. The van der Waals surface area contributed by atoms with Crippen LogP contribution in [-0.2, 0) is 9.59 Å². The first-order valence-electron chi connectivity index (χ1n) is 6.66. The van der Waals surface area contributed by atoms with Crippen LogP contribution in [0.3, 0.4) is 0 Å². The van der Waals surface area contributed by atoms with Crippen molar-refractivity contribution < 1.29 is 14.7 Å². The molecule has 1 N–H and O–H groups in total. The van der Waals surface area contributed by atoms with Crippen molar-refractivity contribution >= 4 is 11.9 Å². The molecule has 4 nitrogen and oxygen atoms in total. The van der Waals surface area contributed by atoms with Crippen LogP contribution < -0.4 is 0 Å². The summed E-state index contributed by atoms with van der Waals surface area (Å²) in [6, 6.07) is 0.395. The first kappa shape index (κ1) is 12.4. The lowest BCUT2D eigenvalue weighted by molar-refractivity contribution is -0.141. The molecule has 1 aliphatic heterocycles. The Morgan fingerprint density at radius 2 is 1.94 bits per heavy atom. The molecule has 2 fully saturated rings. The van der Waals surface area contributed by atoms with Gasteiger partial charge in [-0.1, -0.05) is 6.92 Å². The minimum atomic E-state index is -0.742. The number of carbonyl (C=O) groups is 2. The molecule has 1 aliphatic carbocycles. The van der Waals surface area contributed by atoms with Gasteiger partial charge in [0, 0.05) is 18.5 Å². The lowest BCUT2D eigenvalue weighted by atomic mass is 10.0. The summed E-state index contributed by atoms with van der Waals surface area (Å²) in [5.41, 5.74) is 0. The average Bonchev–Trinajstić information content (AvgIpc) is 2.96. The molecule has 0 aromatic heterocycles. The highest BCUT2D eigenvalue weighted by Gasteiger charge is 2.38. The van der Waals surface area contributed by atoms with E-state index in [1.807, 2.05) is 4.90 Å². The Morgan fingerprint density at radius 3 is 2.53 bits per heavy atom. The van der Waals surface area contributed by atoms with Gasteiger partial charge in [-0.05, 0) is 38.5 Å². The van der Waals surface area contributed by atoms with Gasteiger partial charge in [0.2, 0.25) is 5.91 Å². The first-order chi connectivity index (χ1) is 8.13. The van der Waals surface area contributed by atoms with Crippen molar-refractivity contribution in [2.45, 2.75) is 51.5 Å². The second kappa shape index (κ2) is 5.07. The van der Waals surface area contributed by atoms with E-state index in [2.05, 4.69) is 6.92 Å². The molecule has 1 saturated carbocycles. The Kier molecular flexibility index (Phi) is 3.69. The zero-order valence-electron chi connectivity index (χ0n) is 10.4. The predicted molar refractivity (Wildman–Crippen MR) is 63.5 cm³/mol. The number of amides is 1. The van der Waals surface area contributed by atoms with E-state index in [0.29, 0.717) is 18.9 Å². The van der Waals surface area contributed by atoms with E-state index >= 15 is 0 Å². The Balaban J connectivity index is 1.95. The number of hydrogen-bond acceptors (Lipinski definition) is 2. The monoisotopic (exact) mass is 239 g/mol. The Morgan fingerprint density at radius 1 is 1.24 bits per heavy atom. The Bertz CT molecular complexity index is 316. The summed E-state index contributed by atoms with van der Waals surface area (Å²) < 4.78 is 0. The molecule has 2 rings (SSSR count). The zero-order valence-corrected chi connectivity index (χ0v) is 10.4. The Hall–Kier alpha value is -1.06. The summed E-state index contributed by atoms with van der Waals surface area (Å²) in [5.74, 6) is -0.873. The van der Waals surface area contributed by atoms with E-state index in [1.165, 1.54) is 0 Å². The van der Waals surface area contributed by atoms with Crippen molar-refractivity contribution in [3.05, 3.63) is 0 Å². The Labute approximate surface area is 102 Å². The number of hydrogen-bond donors (Lipinski definition) is 1. The molecule has 1 saturated heterocycles. The lowest BCUT2D eigenvalue weighted by Crippen LogP contribution is -2.38. The van der Waals surface area contributed by atoms with Crippen molar-refractivity contribution in [3.63, 3.8) is 0 Å². The second-order valence-electron chi connectivity index (χ2n) is 5.28. The van der Waals surface area contributed by atoms with Crippen LogP contribution >= 0.6 is 0 Å². The number of carbonyl (C=O) groups excluding carboxylic acids is 1. The summed E-state index contributed by atoms with van der Waals surface area (Å²) in [4.78, 5) is 25.2. The summed E-state index contributed by atoms with van der Waals surface area (Å²) in [5, 5.41) is 8.95. The molecular formula is C13H21NO3. The van der Waals surface area contributed by atoms with Crippen molar-refractivity contribution in [2.75, 3.05) is 6.54 Å². The van der Waals surface area contributed by atoms with Crippen LogP contribution in [0.5, 0.6) is 0 Å². The van der Waals surface area contributed by atoms with Crippen LogP contribution in [0.15, 0.2) is 0 Å². The van der Waals surface area contributed by atoms with E-state index in [4.69, 9.17) is 5.11 Å². The number of likely N-dealkylation sites (tertiary alicyclic amines) is 1. The third-order valence-corrected chi connectivity index (χ3v) is 4.26. The van der Waals surface area contributed by atoms with E-state index < -0.39 is 5.97 Å². The number of nitrogens with zero attached hydrogens (tertiary/aromatic N) is 1. The van der Waals surface area contributed by atoms with E-state index in [0.717, 1.165) is 32.2 Å². The minimum absolute atomic E-state index is 0.0387. The SMILES string of the molecule is CCC1CCCN1C(=O)C1CCC(C(=O)O)C1. The van der Waals surface area contributed by atoms with E-state index in [-0.39, 0.29) is 17.7 Å². The fourth-order valence-corrected chi connectivity index (χ4v) is 3.21. The van der Waals surface area contributed by atoms with Gasteiger partial charge < -0.3 is 10.0 Å². The maximum Gasteiger partial charge on any atom is 0.306 e. The van der Waals surface area contributed by atoms with Crippen LogP contribution in [-0.4, -0.2) is 34.5 Å². The van der Waals surface area contributed by atoms with Gasteiger partial charge in [-0.3, -0.25) is 9.59 Å². The molecule has 1 heterocycles. The summed E-state index contributed by atoms with van der Waals surface area (Å²) >= 11 is 0. The molecule has 0 aromatic carbocycles. The standard InChI is InChI=1S/C13H21NO3/c1-2-11-4-3-7-14(11)12(15)9-5-6-10(8-9)13(16)17/h9-11H,2-8H2,1H3,(H,16,17). The normalized spacial score (nSPS) is 33.0. The van der Waals surface area contributed by atoms with Crippen LogP contribution in [0.4, 0.5) is 0 Å². The summed E-state index contributed by atoms with van der Waals surface area (Å²) in [7, 11) is 0. The van der Waals surface area contributed by atoms with Gasteiger partial charge in [0.25, 0.3) is 0 Å². The van der Waals surface area contributed by atoms with Gasteiger partial charge in [0.15, 0.2) is 0 Å². The molecule has 0 spiro atoms. The maximum atomic E-state index is 12.3.